The third-order valence-electron chi connectivity index (χ3n) is 2.50. The number of hydrogen-bond acceptors (Lipinski definition) is 3. The van der Waals surface area contributed by atoms with Gasteiger partial charge in [-0.2, -0.15) is 0 Å². The molecule has 2 N–H and O–H groups in total. The third-order valence-corrected chi connectivity index (χ3v) is 2.50. The smallest absolute Gasteiger partial charge is 0.128 e. The zero-order chi connectivity index (χ0) is 12.8. The molecular formula is C12H17F2NO2. The Balaban J connectivity index is 2.74. The Bertz CT molecular complexity index is 360. The maximum atomic E-state index is 13.5. The predicted molar refractivity (Wildman–Crippen MR) is 60.7 cm³/mol. The van der Waals surface area contributed by atoms with E-state index in [0.717, 1.165) is 18.2 Å². The molecule has 0 radical (unpaired) electrons. The minimum atomic E-state index is -0.484. The predicted octanol–water partition coefficient (Wildman–Crippen LogP) is 1.62. The summed E-state index contributed by atoms with van der Waals surface area (Å²) in [6.07, 6.45) is 0. The molecule has 0 amide bonds. The van der Waals surface area contributed by atoms with Crippen molar-refractivity contribution in [1.29, 1.82) is 0 Å². The number of ether oxygens (including phenoxy) is 1. The molecule has 5 heteroatoms. The first-order valence-corrected chi connectivity index (χ1v) is 5.39. The summed E-state index contributed by atoms with van der Waals surface area (Å²) in [5, 5.41) is 12.0. The highest BCUT2D eigenvalue weighted by atomic mass is 19.1. The Kier molecular flexibility index (Phi) is 5.47. The van der Waals surface area contributed by atoms with Crippen LogP contribution >= 0.6 is 0 Å². The molecule has 0 bridgehead atoms. The van der Waals surface area contributed by atoms with E-state index in [9.17, 15) is 8.78 Å². The standard InChI is InChI=1S/C12H17F2NO2/c1-8(15-10(6-16)7-17-2)11-5-9(13)3-4-12(11)14/h3-5,8,10,15-16H,6-7H2,1-2H3. The summed E-state index contributed by atoms with van der Waals surface area (Å²) in [6.45, 7) is 1.88. The van der Waals surface area contributed by atoms with Crippen LogP contribution in [0.25, 0.3) is 0 Å². The van der Waals surface area contributed by atoms with Crippen molar-refractivity contribution >= 4 is 0 Å². The summed E-state index contributed by atoms with van der Waals surface area (Å²) in [7, 11) is 1.51. The van der Waals surface area contributed by atoms with E-state index in [0.29, 0.717) is 6.61 Å². The van der Waals surface area contributed by atoms with Crippen molar-refractivity contribution in [2.45, 2.75) is 19.0 Å². The van der Waals surface area contributed by atoms with Crippen LogP contribution < -0.4 is 5.32 Å². The number of nitrogens with one attached hydrogen (secondary N) is 1. The number of halogens is 2. The second-order valence-corrected chi connectivity index (χ2v) is 3.89. The summed E-state index contributed by atoms with van der Waals surface area (Å²) in [4.78, 5) is 0. The summed E-state index contributed by atoms with van der Waals surface area (Å²) >= 11 is 0. The maximum Gasteiger partial charge on any atom is 0.128 e. The van der Waals surface area contributed by atoms with Crippen LogP contribution in [-0.2, 0) is 4.74 Å². The summed E-state index contributed by atoms with van der Waals surface area (Å²) < 4.78 is 31.4. The van der Waals surface area contributed by atoms with Gasteiger partial charge in [0, 0.05) is 18.7 Å². The lowest BCUT2D eigenvalue weighted by atomic mass is 10.1. The molecule has 0 aliphatic carbocycles. The Labute approximate surface area is 99.4 Å². The van der Waals surface area contributed by atoms with Crippen LogP contribution in [0.3, 0.4) is 0 Å². The van der Waals surface area contributed by atoms with Gasteiger partial charge in [-0.05, 0) is 25.1 Å². The zero-order valence-electron chi connectivity index (χ0n) is 9.91. The van der Waals surface area contributed by atoms with Crippen LogP contribution in [0, 0.1) is 11.6 Å². The Morgan fingerprint density at radius 1 is 1.41 bits per heavy atom. The van der Waals surface area contributed by atoms with Gasteiger partial charge in [-0.1, -0.05) is 0 Å². The largest absolute Gasteiger partial charge is 0.395 e. The molecule has 0 spiro atoms. The second-order valence-electron chi connectivity index (χ2n) is 3.89. The lowest BCUT2D eigenvalue weighted by Gasteiger charge is -2.21. The van der Waals surface area contributed by atoms with Gasteiger partial charge < -0.3 is 15.2 Å². The molecule has 0 saturated carbocycles. The first kappa shape index (κ1) is 14.0. The second kappa shape index (κ2) is 6.64. The highest BCUT2D eigenvalue weighted by Crippen LogP contribution is 2.18. The van der Waals surface area contributed by atoms with Crippen molar-refractivity contribution in [3.63, 3.8) is 0 Å². The van der Waals surface area contributed by atoms with Crippen LogP contribution in [0.4, 0.5) is 8.78 Å². The topological polar surface area (TPSA) is 41.5 Å². The van der Waals surface area contributed by atoms with Gasteiger partial charge in [-0.15, -0.1) is 0 Å². The van der Waals surface area contributed by atoms with E-state index in [1.165, 1.54) is 7.11 Å². The molecule has 0 aromatic heterocycles. The number of rotatable bonds is 6. The summed E-state index contributed by atoms with van der Waals surface area (Å²) in [5.74, 6) is -0.956. The first-order chi connectivity index (χ1) is 8.08. The van der Waals surface area contributed by atoms with Gasteiger partial charge in [0.1, 0.15) is 11.6 Å². The van der Waals surface area contributed by atoms with Gasteiger partial charge >= 0.3 is 0 Å². The number of aliphatic hydroxyl groups excluding tert-OH is 1. The van der Waals surface area contributed by atoms with Crippen molar-refractivity contribution < 1.29 is 18.6 Å². The molecule has 96 valence electrons. The molecule has 0 saturated heterocycles. The molecule has 0 heterocycles. The molecular weight excluding hydrogens is 228 g/mol. The van der Waals surface area contributed by atoms with E-state index in [2.05, 4.69) is 5.32 Å². The fraction of sp³-hybridized carbons (Fsp3) is 0.500. The van der Waals surface area contributed by atoms with Gasteiger partial charge in [0.2, 0.25) is 0 Å². The fourth-order valence-corrected chi connectivity index (χ4v) is 1.64. The molecule has 0 fully saturated rings. The lowest BCUT2D eigenvalue weighted by molar-refractivity contribution is 0.123. The molecule has 2 unspecified atom stereocenters. The van der Waals surface area contributed by atoms with Crippen LogP contribution in [0.1, 0.15) is 18.5 Å². The molecule has 3 nitrogen and oxygen atoms in total. The molecule has 0 aliphatic rings. The molecule has 2 atom stereocenters. The minimum Gasteiger partial charge on any atom is -0.395 e. The van der Waals surface area contributed by atoms with Gasteiger partial charge in [0.15, 0.2) is 0 Å². The van der Waals surface area contributed by atoms with Crippen molar-refractivity contribution in [3.05, 3.63) is 35.4 Å². The van der Waals surface area contributed by atoms with E-state index in [4.69, 9.17) is 9.84 Å². The van der Waals surface area contributed by atoms with E-state index >= 15 is 0 Å². The van der Waals surface area contributed by atoms with Crippen LogP contribution in [0.5, 0.6) is 0 Å². The Hall–Kier alpha value is -1.04. The molecule has 0 aliphatic heterocycles. The van der Waals surface area contributed by atoms with Gasteiger partial charge in [0.25, 0.3) is 0 Å². The molecule has 1 rings (SSSR count). The monoisotopic (exact) mass is 245 g/mol. The van der Waals surface area contributed by atoms with Crippen molar-refractivity contribution in [2.24, 2.45) is 0 Å². The summed E-state index contributed by atoms with van der Waals surface area (Å²) in [5.41, 5.74) is 0.236. The highest BCUT2D eigenvalue weighted by molar-refractivity contribution is 5.21. The van der Waals surface area contributed by atoms with E-state index in [1.807, 2.05) is 0 Å². The molecule has 1 aromatic carbocycles. The van der Waals surface area contributed by atoms with Gasteiger partial charge in [0.05, 0.1) is 19.3 Å². The minimum absolute atomic E-state index is 0.130. The Morgan fingerprint density at radius 2 is 2.12 bits per heavy atom. The third kappa shape index (κ3) is 4.03. The van der Waals surface area contributed by atoms with Crippen LogP contribution in [0.15, 0.2) is 18.2 Å². The van der Waals surface area contributed by atoms with Crippen molar-refractivity contribution in [2.75, 3.05) is 20.3 Å². The zero-order valence-corrected chi connectivity index (χ0v) is 9.91. The Morgan fingerprint density at radius 3 is 2.71 bits per heavy atom. The molecule has 1 aromatic rings. The number of aliphatic hydroxyl groups is 1. The lowest BCUT2D eigenvalue weighted by Crippen LogP contribution is -2.38. The van der Waals surface area contributed by atoms with Crippen LogP contribution in [0.2, 0.25) is 0 Å². The quantitative estimate of drug-likeness (QED) is 0.800. The van der Waals surface area contributed by atoms with Gasteiger partial charge in [-0.3, -0.25) is 0 Å². The average Bonchev–Trinajstić information content (AvgIpc) is 2.31. The van der Waals surface area contributed by atoms with Crippen LogP contribution in [-0.4, -0.2) is 31.5 Å². The number of hydrogen-bond donors (Lipinski definition) is 2. The average molecular weight is 245 g/mol. The summed E-state index contributed by atoms with van der Waals surface area (Å²) in [6, 6.07) is 2.60. The highest BCUT2D eigenvalue weighted by Gasteiger charge is 2.16. The normalized spacial score (nSPS) is 14.6. The molecule has 17 heavy (non-hydrogen) atoms. The van der Waals surface area contributed by atoms with E-state index in [1.54, 1.807) is 6.92 Å². The van der Waals surface area contributed by atoms with E-state index < -0.39 is 17.7 Å². The number of methoxy groups -OCH3 is 1. The SMILES string of the molecule is COCC(CO)NC(C)c1cc(F)ccc1F. The van der Waals surface area contributed by atoms with Crippen molar-refractivity contribution in [1.82, 2.24) is 5.32 Å². The first-order valence-electron chi connectivity index (χ1n) is 5.39. The maximum absolute atomic E-state index is 13.5. The van der Waals surface area contributed by atoms with Gasteiger partial charge in [-0.25, -0.2) is 8.78 Å². The number of benzene rings is 1. The van der Waals surface area contributed by atoms with E-state index in [-0.39, 0.29) is 18.2 Å². The fourth-order valence-electron chi connectivity index (χ4n) is 1.64. The van der Waals surface area contributed by atoms with Crippen molar-refractivity contribution in [3.8, 4) is 0 Å².